The molecule has 1 aliphatic rings. The Morgan fingerprint density at radius 2 is 2.25 bits per heavy atom. The van der Waals surface area contributed by atoms with Gasteiger partial charge < -0.3 is 5.32 Å². The van der Waals surface area contributed by atoms with Crippen molar-refractivity contribution >= 4 is 32.9 Å². The van der Waals surface area contributed by atoms with Crippen molar-refractivity contribution < 1.29 is 19.5 Å². The Balaban J connectivity index is 0.000000288. The fourth-order valence-electron chi connectivity index (χ4n) is 0.744. The number of carboxylic acids is 1. The SMILES string of the molecule is C[Se]CCC(N)C(=O)O.O=C1CNC(=O)N1. The zero-order valence-electron chi connectivity index (χ0n) is 8.86. The van der Waals surface area contributed by atoms with Crippen LogP contribution in [0.15, 0.2) is 0 Å². The normalized spacial score (nSPS) is 15.6. The van der Waals surface area contributed by atoms with Crippen LogP contribution in [0.3, 0.4) is 0 Å². The number of urea groups is 1. The fourth-order valence-corrected chi connectivity index (χ4v) is 1.77. The van der Waals surface area contributed by atoms with Gasteiger partial charge in [0.2, 0.25) is 5.91 Å². The first-order valence-corrected chi connectivity index (χ1v) is 7.44. The number of rotatable bonds is 4. The average Bonchev–Trinajstić information content (AvgIpc) is 2.59. The molecule has 1 fully saturated rings. The van der Waals surface area contributed by atoms with Gasteiger partial charge in [0.25, 0.3) is 0 Å². The molecule has 1 aliphatic heterocycles. The van der Waals surface area contributed by atoms with Crippen molar-refractivity contribution in [2.24, 2.45) is 5.73 Å². The van der Waals surface area contributed by atoms with Gasteiger partial charge in [0.1, 0.15) is 0 Å². The van der Waals surface area contributed by atoms with Crippen LogP contribution in [0.1, 0.15) is 6.42 Å². The van der Waals surface area contributed by atoms with Crippen molar-refractivity contribution in [3.8, 4) is 0 Å². The summed E-state index contributed by atoms with van der Waals surface area (Å²) in [4.78, 5) is 30.2. The zero-order chi connectivity index (χ0) is 12.6. The van der Waals surface area contributed by atoms with Crippen LogP contribution in [0.2, 0.25) is 11.1 Å². The van der Waals surface area contributed by atoms with Crippen LogP contribution in [0.25, 0.3) is 0 Å². The van der Waals surface area contributed by atoms with E-state index in [0.29, 0.717) is 21.4 Å². The van der Waals surface area contributed by atoms with Crippen molar-refractivity contribution in [1.82, 2.24) is 10.6 Å². The summed E-state index contributed by atoms with van der Waals surface area (Å²) in [5.41, 5.74) is 5.21. The first-order valence-electron chi connectivity index (χ1n) is 4.52. The number of carbonyl (C=O) groups is 3. The van der Waals surface area contributed by atoms with E-state index in [0.717, 1.165) is 5.32 Å². The van der Waals surface area contributed by atoms with Crippen molar-refractivity contribution in [2.75, 3.05) is 6.54 Å². The van der Waals surface area contributed by atoms with E-state index in [1.807, 2.05) is 5.32 Å². The molecule has 0 spiro atoms. The van der Waals surface area contributed by atoms with Gasteiger partial charge in [-0.05, 0) is 0 Å². The number of hydrogen-bond donors (Lipinski definition) is 4. The molecule has 8 heteroatoms. The first kappa shape index (κ1) is 14.9. The van der Waals surface area contributed by atoms with Gasteiger partial charge in [-0.1, -0.05) is 0 Å². The molecule has 3 amide bonds. The van der Waals surface area contributed by atoms with Crippen molar-refractivity contribution in [3.63, 3.8) is 0 Å². The largest absolute Gasteiger partial charge is 0.329 e. The fraction of sp³-hybridized carbons (Fsp3) is 0.625. The number of aliphatic carboxylic acids is 1. The quantitative estimate of drug-likeness (QED) is 0.383. The second-order valence-electron chi connectivity index (χ2n) is 2.96. The maximum atomic E-state index is 10.1. The molecule has 5 N–H and O–H groups in total. The number of carbonyl (C=O) groups excluding carboxylic acids is 2. The molecule has 16 heavy (non-hydrogen) atoms. The molecule has 1 rings (SSSR count). The van der Waals surface area contributed by atoms with Gasteiger partial charge in [0.15, 0.2) is 0 Å². The Morgan fingerprint density at radius 3 is 2.50 bits per heavy atom. The molecule has 0 saturated carbocycles. The summed E-state index contributed by atoms with van der Waals surface area (Å²) >= 11 is 0.549. The molecule has 0 aromatic rings. The molecule has 7 nitrogen and oxygen atoms in total. The molecule has 0 aliphatic carbocycles. The van der Waals surface area contributed by atoms with Gasteiger partial charge in [-0.25, -0.2) is 4.79 Å². The van der Waals surface area contributed by atoms with Gasteiger partial charge in [0, 0.05) is 0 Å². The Morgan fingerprint density at radius 1 is 1.62 bits per heavy atom. The minimum atomic E-state index is -0.890. The van der Waals surface area contributed by atoms with E-state index in [-0.39, 0.29) is 12.5 Å². The molecule has 1 atom stereocenters. The molecular formula is C8H15N3O4Se. The van der Waals surface area contributed by atoms with Crippen LogP contribution in [-0.4, -0.2) is 50.6 Å². The predicted octanol–water partition coefficient (Wildman–Crippen LogP) is -1.22. The van der Waals surface area contributed by atoms with Gasteiger partial charge in [-0.15, -0.1) is 0 Å². The Hall–Kier alpha value is -1.11. The maximum Gasteiger partial charge on any atom is 0.321 e. The Labute approximate surface area is 99.3 Å². The van der Waals surface area contributed by atoms with E-state index in [4.69, 9.17) is 10.8 Å². The third-order valence-corrected chi connectivity index (χ3v) is 2.96. The average molecular weight is 296 g/mol. The van der Waals surface area contributed by atoms with Crippen LogP contribution in [0.4, 0.5) is 4.79 Å². The summed E-state index contributed by atoms with van der Waals surface area (Å²) in [6.07, 6.45) is 0.617. The van der Waals surface area contributed by atoms with E-state index < -0.39 is 18.0 Å². The van der Waals surface area contributed by atoms with E-state index in [1.54, 1.807) is 0 Å². The predicted molar refractivity (Wildman–Crippen MR) is 58.2 cm³/mol. The van der Waals surface area contributed by atoms with Crippen molar-refractivity contribution in [1.29, 1.82) is 0 Å². The number of imide groups is 1. The summed E-state index contributed by atoms with van der Waals surface area (Å²) in [7, 11) is 0. The van der Waals surface area contributed by atoms with E-state index >= 15 is 0 Å². The smallest absolute Gasteiger partial charge is 0.321 e. The zero-order valence-corrected chi connectivity index (χ0v) is 10.6. The van der Waals surface area contributed by atoms with Gasteiger partial charge in [-0.2, -0.15) is 0 Å². The minimum absolute atomic E-state index is 0.124. The molecule has 1 heterocycles. The number of nitrogens with one attached hydrogen (secondary N) is 2. The number of hydrogen-bond acceptors (Lipinski definition) is 4. The molecule has 0 bridgehead atoms. The third-order valence-electron chi connectivity index (χ3n) is 1.61. The summed E-state index contributed by atoms with van der Waals surface area (Å²) in [6, 6.07) is -1.04. The summed E-state index contributed by atoms with van der Waals surface area (Å²) in [6.45, 7) is 0.124. The number of nitrogens with two attached hydrogens (primary N) is 1. The second-order valence-corrected chi connectivity index (χ2v) is 5.02. The maximum absolute atomic E-state index is 10.1. The molecule has 92 valence electrons. The first-order chi connectivity index (χ1) is 7.47. The molecule has 1 saturated heterocycles. The van der Waals surface area contributed by atoms with Crippen LogP contribution in [-0.2, 0) is 9.59 Å². The number of amides is 3. The van der Waals surface area contributed by atoms with E-state index in [2.05, 4.69) is 11.1 Å². The van der Waals surface area contributed by atoms with Gasteiger partial charge in [-0.3, -0.25) is 10.1 Å². The molecule has 0 aromatic heterocycles. The molecular weight excluding hydrogens is 281 g/mol. The Kier molecular flexibility index (Phi) is 7.53. The summed E-state index contributed by atoms with van der Waals surface area (Å²) < 4.78 is 0. The van der Waals surface area contributed by atoms with E-state index in [1.165, 1.54) is 0 Å². The standard InChI is InChI=1S/C5H11NO2Se.C3H4N2O2/c1-9-3-2-4(6)5(7)8;6-2-1-4-3(7)5-2/h4H,2-3,6H2,1H3,(H,7,8);1H2,(H2,4,5,6,7). The van der Waals surface area contributed by atoms with Gasteiger partial charge >= 0.3 is 66.2 Å². The van der Waals surface area contributed by atoms with Gasteiger partial charge in [0.05, 0.1) is 6.54 Å². The van der Waals surface area contributed by atoms with Crippen molar-refractivity contribution in [3.05, 3.63) is 0 Å². The van der Waals surface area contributed by atoms with E-state index in [9.17, 15) is 14.4 Å². The summed E-state index contributed by atoms with van der Waals surface area (Å²) in [5, 5.41) is 13.5. The van der Waals surface area contributed by atoms with Crippen LogP contribution < -0.4 is 16.4 Å². The molecule has 0 radical (unpaired) electrons. The monoisotopic (exact) mass is 297 g/mol. The number of carboxylic acid groups (broad SMARTS) is 1. The van der Waals surface area contributed by atoms with Crippen LogP contribution in [0.5, 0.6) is 0 Å². The topological polar surface area (TPSA) is 122 Å². The van der Waals surface area contributed by atoms with Crippen molar-refractivity contribution in [2.45, 2.75) is 23.6 Å². The third kappa shape index (κ3) is 7.22. The summed E-state index contributed by atoms with van der Waals surface area (Å²) in [5.74, 6) is 0.922. The van der Waals surface area contributed by atoms with Crippen LogP contribution in [0, 0.1) is 0 Å². The second kappa shape index (κ2) is 8.09. The molecule has 0 aromatic carbocycles. The van der Waals surface area contributed by atoms with Crippen LogP contribution >= 0.6 is 0 Å². The minimum Gasteiger partial charge on any atom is -0.329 e. The molecule has 1 unspecified atom stereocenters. The Bertz CT molecular complexity index is 258.